The topological polar surface area (TPSA) is 66.8 Å². The number of hydrogen-bond acceptors (Lipinski definition) is 3. The molecule has 2 rings (SSSR count). The maximum Gasteiger partial charge on any atom is 0.306 e. The minimum Gasteiger partial charge on any atom is -0.481 e. The summed E-state index contributed by atoms with van der Waals surface area (Å²) in [5.74, 6) is -1.81. The maximum atomic E-state index is 13.2. The Morgan fingerprint density at radius 2 is 2.25 bits per heavy atom. The van der Waals surface area contributed by atoms with E-state index in [4.69, 9.17) is 9.84 Å². The molecule has 0 radical (unpaired) electrons. The Morgan fingerprint density at radius 1 is 1.50 bits per heavy atom. The second kappa shape index (κ2) is 6.32. The average Bonchev–Trinajstić information content (AvgIpc) is 2.40. The summed E-state index contributed by atoms with van der Waals surface area (Å²) >= 11 is 3.21. The molecular weight excluding hydrogens is 333 g/mol. The molecule has 0 saturated carbocycles. The zero-order chi connectivity index (χ0) is 14.7. The highest BCUT2D eigenvalue weighted by Gasteiger charge is 2.27. The van der Waals surface area contributed by atoms with Gasteiger partial charge in [0.15, 0.2) is 0 Å². The third-order valence-corrected chi connectivity index (χ3v) is 3.68. The van der Waals surface area contributed by atoms with Crippen molar-refractivity contribution >= 4 is 27.8 Å². The SMILES string of the molecule is O=C(O)C[C@H]1CN(C(=O)c2cc(F)ccc2Br)CCO1. The molecule has 0 spiro atoms. The van der Waals surface area contributed by atoms with Gasteiger partial charge >= 0.3 is 5.97 Å². The summed E-state index contributed by atoms with van der Waals surface area (Å²) in [5, 5.41) is 8.75. The Bertz CT molecular complexity index is 537. The standard InChI is InChI=1S/C13H13BrFNO4/c14-11-2-1-8(15)5-10(11)13(19)16-3-4-20-9(7-16)6-12(17)18/h1-2,5,9H,3-4,6-7H2,(H,17,18)/t9-/m0/s1. The van der Waals surface area contributed by atoms with Gasteiger partial charge in [-0.3, -0.25) is 9.59 Å². The third kappa shape index (κ3) is 3.55. The summed E-state index contributed by atoms with van der Waals surface area (Å²) in [7, 11) is 0. The predicted molar refractivity (Wildman–Crippen MR) is 72.0 cm³/mol. The fourth-order valence-corrected chi connectivity index (χ4v) is 2.47. The first-order chi connectivity index (χ1) is 9.47. The zero-order valence-corrected chi connectivity index (χ0v) is 12.1. The van der Waals surface area contributed by atoms with E-state index in [1.165, 1.54) is 17.0 Å². The Kier molecular flexibility index (Phi) is 4.72. The monoisotopic (exact) mass is 345 g/mol. The number of carbonyl (C=O) groups is 2. The van der Waals surface area contributed by atoms with E-state index in [0.29, 0.717) is 11.0 Å². The molecule has 0 aromatic heterocycles. The molecule has 1 aromatic rings. The smallest absolute Gasteiger partial charge is 0.306 e. The second-order valence-electron chi connectivity index (χ2n) is 4.47. The highest BCUT2D eigenvalue weighted by molar-refractivity contribution is 9.10. The van der Waals surface area contributed by atoms with Crippen LogP contribution in [0.4, 0.5) is 4.39 Å². The number of rotatable bonds is 3. The quantitative estimate of drug-likeness (QED) is 0.908. The lowest BCUT2D eigenvalue weighted by atomic mass is 10.1. The van der Waals surface area contributed by atoms with E-state index in [0.717, 1.165) is 6.07 Å². The summed E-state index contributed by atoms with van der Waals surface area (Å²) in [4.78, 5) is 24.5. The predicted octanol–water partition coefficient (Wildman–Crippen LogP) is 1.90. The number of amides is 1. The molecule has 1 atom stereocenters. The molecule has 0 aliphatic carbocycles. The van der Waals surface area contributed by atoms with Crippen LogP contribution < -0.4 is 0 Å². The van der Waals surface area contributed by atoms with Crippen LogP contribution in [0, 0.1) is 5.82 Å². The number of carboxylic acids is 1. The van der Waals surface area contributed by atoms with Gasteiger partial charge in [0.25, 0.3) is 5.91 Å². The van der Waals surface area contributed by atoms with Crippen LogP contribution in [0.3, 0.4) is 0 Å². The van der Waals surface area contributed by atoms with Crippen LogP contribution in [0.25, 0.3) is 0 Å². The number of halogens is 2. The Labute approximate surface area is 123 Å². The number of morpholine rings is 1. The fourth-order valence-electron chi connectivity index (χ4n) is 2.05. The maximum absolute atomic E-state index is 13.2. The van der Waals surface area contributed by atoms with Crippen LogP contribution >= 0.6 is 15.9 Å². The van der Waals surface area contributed by atoms with Crippen LogP contribution in [-0.2, 0) is 9.53 Å². The van der Waals surface area contributed by atoms with Gasteiger partial charge in [-0.25, -0.2) is 4.39 Å². The van der Waals surface area contributed by atoms with E-state index in [-0.39, 0.29) is 31.0 Å². The molecule has 108 valence electrons. The molecule has 1 aliphatic rings. The summed E-state index contributed by atoms with van der Waals surface area (Å²) in [6.07, 6.45) is -0.689. The van der Waals surface area contributed by atoms with Crippen molar-refractivity contribution in [3.63, 3.8) is 0 Å². The molecule has 1 heterocycles. The van der Waals surface area contributed by atoms with Crippen molar-refractivity contribution in [1.82, 2.24) is 4.90 Å². The van der Waals surface area contributed by atoms with Gasteiger partial charge in [0, 0.05) is 17.6 Å². The molecule has 1 N–H and O–H groups in total. The van der Waals surface area contributed by atoms with E-state index in [1.54, 1.807) is 0 Å². The molecule has 1 amide bonds. The van der Waals surface area contributed by atoms with Crippen molar-refractivity contribution in [1.29, 1.82) is 0 Å². The van der Waals surface area contributed by atoms with Gasteiger partial charge in [-0.05, 0) is 34.1 Å². The van der Waals surface area contributed by atoms with Gasteiger partial charge in [-0.2, -0.15) is 0 Å². The third-order valence-electron chi connectivity index (χ3n) is 2.99. The van der Waals surface area contributed by atoms with Crippen LogP contribution in [-0.4, -0.2) is 47.7 Å². The van der Waals surface area contributed by atoms with Gasteiger partial charge in [-0.15, -0.1) is 0 Å². The normalized spacial score (nSPS) is 18.9. The van der Waals surface area contributed by atoms with Crippen molar-refractivity contribution in [3.8, 4) is 0 Å². The number of nitrogens with zero attached hydrogens (tertiary/aromatic N) is 1. The largest absolute Gasteiger partial charge is 0.481 e. The van der Waals surface area contributed by atoms with Crippen LogP contribution in [0.15, 0.2) is 22.7 Å². The van der Waals surface area contributed by atoms with Crippen LogP contribution in [0.2, 0.25) is 0 Å². The van der Waals surface area contributed by atoms with Gasteiger partial charge in [0.1, 0.15) is 5.82 Å². The molecule has 5 nitrogen and oxygen atoms in total. The first-order valence-corrected chi connectivity index (χ1v) is 6.84. The first-order valence-electron chi connectivity index (χ1n) is 6.05. The van der Waals surface area contributed by atoms with Crippen molar-refractivity contribution in [2.75, 3.05) is 19.7 Å². The highest BCUT2D eigenvalue weighted by atomic mass is 79.9. The lowest BCUT2D eigenvalue weighted by Crippen LogP contribution is -2.46. The Morgan fingerprint density at radius 3 is 2.95 bits per heavy atom. The summed E-state index contributed by atoms with van der Waals surface area (Å²) < 4.78 is 19.0. The summed E-state index contributed by atoms with van der Waals surface area (Å²) in [6.45, 7) is 0.822. The van der Waals surface area contributed by atoms with Crippen LogP contribution in [0.5, 0.6) is 0 Å². The number of carboxylic acid groups (broad SMARTS) is 1. The van der Waals surface area contributed by atoms with Crippen LogP contribution in [0.1, 0.15) is 16.8 Å². The first kappa shape index (κ1) is 14.9. The van der Waals surface area contributed by atoms with E-state index in [1.807, 2.05) is 0 Å². The number of aliphatic carboxylic acids is 1. The lowest BCUT2D eigenvalue weighted by molar-refractivity contribution is -0.141. The van der Waals surface area contributed by atoms with Gasteiger partial charge < -0.3 is 14.7 Å². The van der Waals surface area contributed by atoms with Crippen molar-refractivity contribution in [2.45, 2.75) is 12.5 Å². The van der Waals surface area contributed by atoms with Gasteiger partial charge in [-0.1, -0.05) is 0 Å². The number of benzene rings is 1. The molecule has 20 heavy (non-hydrogen) atoms. The minimum absolute atomic E-state index is 0.159. The average molecular weight is 346 g/mol. The highest BCUT2D eigenvalue weighted by Crippen LogP contribution is 2.21. The summed E-state index contributed by atoms with van der Waals surface area (Å²) in [5.41, 5.74) is 0.223. The Hall–Kier alpha value is -1.47. The van der Waals surface area contributed by atoms with Gasteiger partial charge in [0.05, 0.1) is 24.7 Å². The molecule has 0 unspecified atom stereocenters. The molecule has 1 aliphatic heterocycles. The van der Waals surface area contributed by atoms with Gasteiger partial charge in [0.2, 0.25) is 0 Å². The number of ether oxygens (including phenoxy) is 1. The van der Waals surface area contributed by atoms with Crippen molar-refractivity contribution < 1.29 is 23.8 Å². The van der Waals surface area contributed by atoms with Crippen molar-refractivity contribution in [2.24, 2.45) is 0 Å². The number of carbonyl (C=O) groups excluding carboxylic acids is 1. The molecule has 0 bridgehead atoms. The molecular formula is C13H13BrFNO4. The zero-order valence-electron chi connectivity index (χ0n) is 10.5. The van der Waals surface area contributed by atoms with Crippen molar-refractivity contribution in [3.05, 3.63) is 34.1 Å². The minimum atomic E-state index is -0.976. The fraction of sp³-hybridized carbons (Fsp3) is 0.385. The summed E-state index contributed by atoms with van der Waals surface area (Å²) in [6, 6.07) is 3.89. The van der Waals surface area contributed by atoms with E-state index in [2.05, 4.69) is 15.9 Å². The molecule has 1 aromatic carbocycles. The van der Waals surface area contributed by atoms with E-state index < -0.39 is 17.9 Å². The second-order valence-corrected chi connectivity index (χ2v) is 5.32. The molecule has 1 fully saturated rings. The molecule has 1 saturated heterocycles. The number of hydrogen-bond donors (Lipinski definition) is 1. The lowest BCUT2D eigenvalue weighted by Gasteiger charge is -2.32. The van der Waals surface area contributed by atoms with E-state index in [9.17, 15) is 14.0 Å². The Balaban J connectivity index is 2.12. The molecule has 7 heteroatoms. The van der Waals surface area contributed by atoms with E-state index >= 15 is 0 Å².